The fourth-order valence-electron chi connectivity index (χ4n) is 10.6. The number of alkyl halides is 1. The van der Waals surface area contributed by atoms with E-state index >= 15 is 0 Å². The van der Waals surface area contributed by atoms with Crippen LogP contribution in [0, 0.1) is 30.3 Å². The normalized spacial score (nSPS) is 27.5. The summed E-state index contributed by atoms with van der Waals surface area (Å²) in [5.74, 6) is -4.28. The van der Waals surface area contributed by atoms with E-state index in [1.54, 1.807) is 0 Å². The Kier molecular flexibility index (Phi) is 33.5. The molecular formula is C63H84FN5O33S2. The second-order valence-corrected chi connectivity index (χ2v) is 25.5. The van der Waals surface area contributed by atoms with Gasteiger partial charge in [-0.1, -0.05) is 0 Å². The van der Waals surface area contributed by atoms with Crippen LogP contribution in [0.3, 0.4) is 0 Å². The molecule has 578 valence electrons. The molecule has 6 aliphatic rings. The predicted molar refractivity (Wildman–Crippen MR) is 353 cm³/mol. The van der Waals surface area contributed by atoms with Gasteiger partial charge < -0.3 is 124 Å². The van der Waals surface area contributed by atoms with Crippen molar-refractivity contribution in [1.29, 1.82) is 0 Å². The van der Waals surface area contributed by atoms with Crippen molar-refractivity contribution < 1.29 is 153 Å². The number of carbonyl (C=O) groups excluding carboxylic acids is 4. The lowest BCUT2D eigenvalue weighted by Crippen LogP contribution is -2.62. The van der Waals surface area contributed by atoms with E-state index in [1.807, 2.05) is 0 Å². The number of nitrogens with one attached hydrogen (secondary N) is 1. The largest absolute Gasteiger partial charge is 0.462 e. The van der Waals surface area contributed by atoms with Crippen LogP contribution in [-0.2, 0) is 57.1 Å². The predicted octanol–water partition coefficient (Wildman–Crippen LogP) is -0.458. The van der Waals surface area contributed by atoms with Crippen molar-refractivity contribution in [3.05, 3.63) is 124 Å². The molecule has 0 radical (unpaired) electrons. The molecule has 2 spiro atoms. The minimum Gasteiger partial charge on any atom is -0.462 e. The zero-order valence-corrected chi connectivity index (χ0v) is 57.0. The van der Waals surface area contributed by atoms with Crippen LogP contribution in [0.4, 0.5) is 21.5 Å². The molecule has 16 atom stereocenters. The van der Waals surface area contributed by atoms with Crippen molar-refractivity contribution in [2.45, 2.75) is 162 Å². The molecule has 9 rings (SSSR count). The number of hydrogen-bond donors (Lipinski definition) is 14. The van der Waals surface area contributed by atoms with Gasteiger partial charge in [-0.15, -0.1) is 23.5 Å². The molecule has 10 unspecified atom stereocenters. The summed E-state index contributed by atoms with van der Waals surface area (Å²) in [6.45, 7) is -1.38. The number of benzene rings is 3. The average Bonchev–Trinajstić information content (AvgIpc) is 0.753. The summed E-state index contributed by atoms with van der Waals surface area (Å²) < 4.78 is 77.1. The highest BCUT2D eigenvalue weighted by atomic mass is 32.2. The van der Waals surface area contributed by atoms with Gasteiger partial charge in [0.1, 0.15) is 89.8 Å². The maximum absolute atomic E-state index is 12.2. The number of nitrogens with two attached hydrogens (primary N) is 1. The third-order valence-electron chi connectivity index (χ3n) is 15.8. The van der Waals surface area contributed by atoms with Crippen LogP contribution in [-0.4, -0.2) is 269 Å². The topological polar surface area (TPSA) is 580 Å². The maximum atomic E-state index is 12.2. The maximum Gasteiger partial charge on any atom is 0.311 e. The monoisotopic (exact) mass is 1520 g/mol. The number of non-ortho nitro benzene ring substituents is 3. The van der Waals surface area contributed by atoms with Crippen LogP contribution in [0.2, 0.25) is 0 Å². The SMILES string of the molecule is NCCCOC1OC(CO)C(O)C2=C1SC[C@]1(CC(O)C(O)[C@H]([C@H](O)CO)O1)O2.O=C(CCCC(=O)Oc1ccc([N+](=O)[O-])cc1)NCCCOC1OC(CO)C(O)C2=C1SC[C@]1(CC(O)C(O)[C@H]([C@H](O)CO)O1)O2.O=C(CCCC(=O)Oc1ccc([N+](=O)[O-])cc1)Oc1ccc([N+](=O)[O-])cc1.[2H]CF. The quantitative estimate of drug-likeness (QED) is 0.0137. The Hall–Kier alpha value is -7.31. The summed E-state index contributed by atoms with van der Waals surface area (Å²) in [4.78, 5) is 78.5. The first-order valence-electron chi connectivity index (χ1n) is 32.9. The van der Waals surface area contributed by atoms with Crippen molar-refractivity contribution in [2.24, 2.45) is 5.73 Å². The summed E-state index contributed by atoms with van der Waals surface area (Å²) in [6.07, 6.45) is -16.9. The van der Waals surface area contributed by atoms with Gasteiger partial charge >= 0.3 is 17.9 Å². The third kappa shape index (κ3) is 24.1. The van der Waals surface area contributed by atoms with E-state index in [1.165, 1.54) is 84.6 Å². The average molecular weight is 1520 g/mol. The second-order valence-electron chi connectivity index (χ2n) is 23.5. The van der Waals surface area contributed by atoms with Crippen molar-refractivity contribution >= 4 is 64.4 Å². The van der Waals surface area contributed by atoms with Crippen molar-refractivity contribution in [3.8, 4) is 17.2 Å². The number of esters is 3. The number of nitro groups is 3. The highest BCUT2D eigenvalue weighted by Gasteiger charge is 2.57. The molecule has 2 saturated heterocycles. The fraction of sp³-hybridized carbons (Fsp3) is 0.587. The molecule has 6 aliphatic heterocycles. The zero-order chi connectivity index (χ0) is 77.1. The number of aliphatic hydroxyl groups excluding tert-OH is 12. The van der Waals surface area contributed by atoms with Gasteiger partial charge in [0.25, 0.3) is 17.1 Å². The summed E-state index contributed by atoms with van der Waals surface area (Å²) >= 11 is 2.38. The van der Waals surface area contributed by atoms with Gasteiger partial charge in [0, 0.05) is 81.5 Å². The van der Waals surface area contributed by atoms with Gasteiger partial charge in [0.05, 0.1) is 96.5 Å². The Morgan fingerprint density at radius 1 is 0.596 bits per heavy atom. The van der Waals surface area contributed by atoms with Crippen LogP contribution >= 0.6 is 23.5 Å². The van der Waals surface area contributed by atoms with Crippen LogP contribution in [0.5, 0.6) is 17.2 Å². The van der Waals surface area contributed by atoms with Crippen LogP contribution in [0.25, 0.3) is 0 Å². The molecule has 3 aromatic carbocycles. The number of amides is 1. The molecule has 1 amide bonds. The Morgan fingerprint density at radius 2 is 0.942 bits per heavy atom. The van der Waals surface area contributed by atoms with Gasteiger partial charge in [0.2, 0.25) is 17.5 Å². The van der Waals surface area contributed by atoms with Gasteiger partial charge in [0.15, 0.2) is 12.6 Å². The number of ether oxygens (including phenoxy) is 11. The molecule has 104 heavy (non-hydrogen) atoms. The van der Waals surface area contributed by atoms with Gasteiger partial charge in [-0.2, -0.15) is 0 Å². The number of hydrogen-bond acceptors (Lipinski definition) is 36. The Morgan fingerprint density at radius 3 is 1.27 bits per heavy atom. The summed E-state index contributed by atoms with van der Waals surface area (Å²) in [6, 6.07) is 15.1. The van der Waals surface area contributed by atoms with Gasteiger partial charge in [-0.05, 0) is 68.6 Å². The van der Waals surface area contributed by atoms with Crippen LogP contribution in [0.15, 0.2) is 94.1 Å². The minimum absolute atomic E-state index is 0.00668. The molecule has 0 saturated carbocycles. The van der Waals surface area contributed by atoms with E-state index in [-0.39, 0.29) is 128 Å². The minimum atomic E-state index is -1.56. The molecule has 0 bridgehead atoms. The van der Waals surface area contributed by atoms with Crippen molar-refractivity contribution in [3.63, 3.8) is 0 Å². The Bertz CT molecular complexity index is 3320. The zero-order valence-electron chi connectivity index (χ0n) is 56.4. The van der Waals surface area contributed by atoms with Crippen molar-refractivity contribution in [2.75, 3.05) is 71.4 Å². The first-order valence-corrected chi connectivity index (χ1v) is 34.1. The molecule has 38 nitrogen and oxygen atoms in total. The Labute approximate surface area is 601 Å². The number of nitrogens with zero attached hydrogens (tertiary/aromatic N) is 3. The first-order chi connectivity index (χ1) is 50.1. The molecule has 6 heterocycles. The van der Waals surface area contributed by atoms with Gasteiger partial charge in [-0.25, -0.2) is 0 Å². The van der Waals surface area contributed by atoms with Crippen LogP contribution < -0.4 is 25.3 Å². The lowest BCUT2D eigenvalue weighted by atomic mass is 9.93. The summed E-state index contributed by atoms with van der Waals surface area (Å²) in [5.41, 5.74) is 5.10. The summed E-state index contributed by atoms with van der Waals surface area (Å²) in [5, 5.41) is 155. The van der Waals surface area contributed by atoms with E-state index < -0.39 is 164 Å². The molecule has 3 aromatic rings. The molecular weight excluding hydrogens is 1440 g/mol. The third-order valence-corrected chi connectivity index (χ3v) is 18.4. The standard InChI is InChI=1S/C28H38N2O15S.C17H14N2O8.C17H29NO10S.CH3F/c31-12-18(34)24-22(37)17(33)11-28(44-24)14-46-26-25(45-28)23(38)19(13-32)43-27(26)41-10-2-9-29-20(35)3-1-4-21(36)42-16-7-5-15(6-8-16)30(39)40;20-16(26-14-8-4-12(5-9-14)18(22)23)2-1-3-17(21)27-15-10-6-13(7-11-15)19(24)25;18-2-1-3-25-16-15-14(12(24)10(6-20)26-16)28-17(7-29-15)4-8(21)11(23)13(27-17)9(22)5-19;1-2/h5-8,17-19,22-24,27,31-34,37-38H,1-4,9-14H2,(H,29,35);4-11H,1-3H2;8-13,16,19-24H,1-7,18H2;1H3/t17?,18-,19?,22?,23?,24+,27?,28+;;8?,9-,10?,11?,12?,13+,16?,17+;/m1.1./s1/i;;;1D. The number of aliphatic hydroxyl groups is 12. The van der Waals surface area contributed by atoms with Crippen molar-refractivity contribution in [1.82, 2.24) is 5.32 Å². The highest BCUT2D eigenvalue weighted by molar-refractivity contribution is 8.03. The van der Waals surface area contributed by atoms with Gasteiger partial charge in [-0.3, -0.25) is 53.9 Å². The van der Waals surface area contributed by atoms with E-state index in [0.29, 0.717) is 35.8 Å². The lowest BCUT2D eigenvalue weighted by Gasteiger charge is -2.50. The molecule has 2 fully saturated rings. The number of carbonyl (C=O) groups is 4. The smallest absolute Gasteiger partial charge is 0.311 e. The number of thioether (sulfide) groups is 2. The van der Waals surface area contributed by atoms with E-state index in [2.05, 4.69) is 5.32 Å². The lowest BCUT2D eigenvalue weighted by molar-refractivity contribution is -0.385. The molecule has 15 N–H and O–H groups in total. The fourth-order valence-corrected chi connectivity index (χ4v) is 12.9. The van der Waals surface area contributed by atoms with Crippen LogP contribution in [0.1, 0.15) is 65.6 Å². The number of halogens is 1. The van der Waals surface area contributed by atoms with E-state index in [9.17, 15) is 115 Å². The number of rotatable bonds is 29. The summed E-state index contributed by atoms with van der Waals surface area (Å²) in [7, 11) is -1.00. The van der Waals surface area contributed by atoms with E-state index in [4.69, 9.17) is 59.2 Å². The highest BCUT2D eigenvalue weighted by Crippen LogP contribution is 2.49. The first kappa shape index (κ1) is 84.0. The second kappa shape index (κ2) is 41.6. The molecule has 0 aromatic heterocycles. The van der Waals surface area contributed by atoms with E-state index in [0.717, 1.165) is 11.8 Å². The Balaban J connectivity index is 0.000000254. The molecule has 41 heteroatoms. The number of nitro benzene ring substituents is 3. The molecule has 0 aliphatic carbocycles.